The van der Waals surface area contributed by atoms with E-state index in [1.807, 2.05) is 0 Å². The summed E-state index contributed by atoms with van der Waals surface area (Å²) in [6.45, 7) is 4.62. The molecule has 1 aromatic carbocycles. The quantitative estimate of drug-likeness (QED) is 0.561. The minimum absolute atomic E-state index is 0. The Morgan fingerprint density at radius 2 is 2.21 bits per heavy atom. The summed E-state index contributed by atoms with van der Waals surface area (Å²) in [6, 6.07) is 4.67. The highest BCUT2D eigenvalue weighted by Crippen LogP contribution is 2.18. The van der Waals surface area contributed by atoms with Gasteiger partial charge in [-0.3, -0.25) is 0 Å². The molecule has 1 N–H and O–H groups in total. The van der Waals surface area contributed by atoms with Crippen LogP contribution in [0.25, 0.3) is 0 Å². The second kappa shape index (κ2) is 6.82. The van der Waals surface area contributed by atoms with Gasteiger partial charge in [0.1, 0.15) is 5.82 Å². The van der Waals surface area contributed by atoms with E-state index in [1.165, 1.54) is 6.07 Å². The van der Waals surface area contributed by atoms with Crippen LogP contribution in [0.5, 0.6) is 0 Å². The normalized spacial score (nSPS) is 9.29. The topological polar surface area (TPSA) is 12.0 Å². The monoisotopic (exact) mass is 234 g/mol. The zero-order valence-electron chi connectivity index (χ0n) is 7.56. The summed E-state index contributed by atoms with van der Waals surface area (Å²) in [4.78, 5) is 0. The first-order valence-electron chi connectivity index (χ1n) is 4.00. The molecule has 1 aromatic rings. The van der Waals surface area contributed by atoms with Crippen LogP contribution in [0.2, 0.25) is 5.02 Å². The molecule has 4 heteroatoms. The van der Waals surface area contributed by atoms with Crippen LogP contribution in [0.1, 0.15) is 5.56 Å². The molecule has 78 valence electrons. The molecule has 0 amide bonds. The predicted octanol–water partition coefficient (Wildman–Crippen LogP) is -0.241. The molecule has 0 spiro atoms. The van der Waals surface area contributed by atoms with Crippen LogP contribution in [-0.2, 0) is 6.54 Å². The fraction of sp³-hybridized carbons (Fsp3) is 0.200. The lowest BCUT2D eigenvalue weighted by molar-refractivity contribution is -0.00000318. The maximum atomic E-state index is 13.1. The smallest absolute Gasteiger partial charge is 0.129 e. The highest BCUT2D eigenvalue weighted by atomic mass is 35.5. The van der Waals surface area contributed by atoms with Crippen molar-refractivity contribution >= 4 is 11.6 Å². The molecule has 0 aliphatic rings. The maximum absolute atomic E-state index is 13.1. The van der Waals surface area contributed by atoms with Crippen molar-refractivity contribution < 1.29 is 16.8 Å². The SMILES string of the molecule is C=CCNCc1c(F)cccc1Cl.[Cl-]. The molecule has 14 heavy (non-hydrogen) atoms. The third-order valence-electron chi connectivity index (χ3n) is 1.65. The Kier molecular flexibility index (Phi) is 6.54. The van der Waals surface area contributed by atoms with E-state index < -0.39 is 0 Å². The molecular weight excluding hydrogens is 224 g/mol. The zero-order valence-corrected chi connectivity index (χ0v) is 9.08. The molecule has 0 bridgehead atoms. The van der Waals surface area contributed by atoms with E-state index in [0.29, 0.717) is 23.7 Å². The van der Waals surface area contributed by atoms with Gasteiger partial charge in [-0.15, -0.1) is 6.58 Å². The average molecular weight is 235 g/mol. The molecule has 0 fully saturated rings. The zero-order chi connectivity index (χ0) is 9.68. The lowest BCUT2D eigenvalue weighted by atomic mass is 10.2. The molecule has 0 atom stereocenters. The molecular formula is C10H11Cl2FN-. The van der Waals surface area contributed by atoms with Crippen LogP contribution >= 0.6 is 11.6 Å². The summed E-state index contributed by atoms with van der Waals surface area (Å²) in [5, 5.41) is 3.45. The second-order valence-electron chi connectivity index (χ2n) is 2.62. The Balaban J connectivity index is 0.00000169. The fourth-order valence-corrected chi connectivity index (χ4v) is 1.23. The molecule has 0 heterocycles. The van der Waals surface area contributed by atoms with Gasteiger partial charge < -0.3 is 17.7 Å². The molecule has 0 unspecified atom stereocenters. The number of nitrogens with one attached hydrogen (secondary N) is 1. The van der Waals surface area contributed by atoms with Gasteiger partial charge in [-0.25, -0.2) is 4.39 Å². The first-order valence-corrected chi connectivity index (χ1v) is 4.38. The molecule has 1 rings (SSSR count). The highest BCUT2D eigenvalue weighted by molar-refractivity contribution is 6.31. The number of halogens is 3. The Bertz CT molecular complexity index is 282. The Hall–Kier alpha value is -0.570. The number of benzene rings is 1. The minimum Gasteiger partial charge on any atom is -1.00 e. The first-order chi connectivity index (χ1) is 6.25. The van der Waals surface area contributed by atoms with Crippen molar-refractivity contribution in [3.63, 3.8) is 0 Å². The Labute approximate surface area is 94.4 Å². The summed E-state index contributed by atoms with van der Waals surface area (Å²) in [7, 11) is 0. The van der Waals surface area contributed by atoms with Crippen molar-refractivity contribution in [3.8, 4) is 0 Å². The van der Waals surface area contributed by atoms with Gasteiger partial charge in [0.2, 0.25) is 0 Å². The average Bonchev–Trinajstić information content (AvgIpc) is 2.10. The number of hydrogen-bond donors (Lipinski definition) is 1. The molecule has 0 saturated heterocycles. The van der Waals surface area contributed by atoms with E-state index in [4.69, 9.17) is 11.6 Å². The predicted molar refractivity (Wildman–Crippen MR) is 53.3 cm³/mol. The number of hydrogen-bond acceptors (Lipinski definition) is 1. The van der Waals surface area contributed by atoms with E-state index in [1.54, 1.807) is 18.2 Å². The van der Waals surface area contributed by atoms with Gasteiger partial charge in [-0.05, 0) is 12.1 Å². The van der Waals surface area contributed by atoms with Gasteiger partial charge in [0.25, 0.3) is 0 Å². The summed E-state index contributed by atoms with van der Waals surface area (Å²) in [5.74, 6) is -0.274. The third kappa shape index (κ3) is 3.66. The van der Waals surface area contributed by atoms with E-state index in [2.05, 4.69) is 11.9 Å². The lowest BCUT2D eigenvalue weighted by Gasteiger charge is -2.05. The molecule has 0 aliphatic carbocycles. The third-order valence-corrected chi connectivity index (χ3v) is 2.01. The van der Waals surface area contributed by atoms with Crippen molar-refractivity contribution in [2.75, 3.05) is 6.54 Å². The van der Waals surface area contributed by atoms with Gasteiger partial charge >= 0.3 is 0 Å². The van der Waals surface area contributed by atoms with Crippen LogP contribution in [0.4, 0.5) is 4.39 Å². The lowest BCUT2D eigenvalue weighted by Crippen LogP contribution is -3.00. The molecule has 0 aliphatic heterocycles. The van der Waals surface area contributed by atoms with E-state index in [9.17, 15) is 4.39 Å². The van der Waals surface area contributed by atoms with Crippen LogP contribution in [0.15, 0.2) is 30.9 Å². The van der Waals surface area contributed by atoms with Gasteiger partial charge in [0.05, 0.1) is 0 Å². The largest absolute Gasteiger partial charge is 1.00 e. The van der Waals surface area contributed by atoms with Gasteiger partial charge in [-0.1, -0.05) is 23.7 Å². The van der Waals surface area contributed by atoms with E-state index >= 15 is 0 Å². The standard InChI is InChI=1S/C10H11ClFN.ClH/c1-2-6-13-7-8-9(11)4-3-5-10(8)12;/h2-5,13H,1,6-7H2;1H/p-1. The minimum atomic E-state index is -0.274. The summed E-state index contributed by atoms with van der Waals surface area (Å²) in [6.07, 6.45) is 1.72. The Morgan fingerprint density at radius 3 is 2.79 bits per heavy atom. The fourth-order valence-electron chi connectivity index (χ4n) is 1.00. The molecule has 0 aromatic heterocycles. The van der Waals surface area contributed by atoms with Gasteiger partial charge in [0.15, 0.2) is 0 Å². The second-order valence-corrected chi connectivity index (χ2v) is 3.03. The van der Waals surface area contributed by atoms with Gasteiger partial charge in [0, 0.05) is 23.7 Å². The summed E-state index contributed by atoms with van der Waals surface area (Å²) >= 11 is 5.80. The van der Waals surface area contributed by atoms with Crippen molar-refractivity contribution in [2.45, 2.75) is 6.54 Å². The molecule has 0 saturated carbocycles. The van der Waals surface area contributed by atoms with E-state index in [0.717, 1.165) is 0 Å². The van der Waals surface area contributed by atoms with Crippen molar-refractivity contribution in [3.05, 3.63) is 47.3 Å². The Morgan fingerprint density at radius 1 is 1.50 bits per heavy atom. The molecule has 1 nitrogen and oxygen atoms in total. The maximum Gasteiger partial charge on any atom is 0.129 e. The van der Waals surface area contributed by atoms with Crippen molar-refractivity contribution in [2.24, 2.45) is 0 Å². The first kappa shape index (κ1) is 13.4. The summed E-state index contributed by atoms with van der Waals surface area (Å²) < 4.78 is 13.1. The van der Waals surface area contributed by atoms with Crippen LogP contribution in [0.3, 0.4) is 0 Å². The van der Waals surface area contributed by atoms with Gasteiger partial charge in [-0.2, -0.15) is 0 Å². The van der Waals surface area contributed by atoms with Crippen LogP contribution in [0, 0.1) is 5.82 Å². The van der Waals surface area contributed by atoms with E-state index in [-0.39, 0.29) is 18.2 Å². The molecule has 0 radical (unpaired) electrons. The van der Waals surface area contributed by atoms with Crippen LogP contribution < -0.4 is 17.7 Å². The van der Waals surface area contributed by atoms with Crippen molar-refractivity contribution in [1.82, 2.24) is 5.32 Å². The van der Waals surface area contributed by atoms with Crippen LogP contribution in [-0.4, -0.2) is 6.54 Å². The summed E-state index contributed by atoms with van der Waals surface area (Å²) in [5.41, 5.74) is 0.506. The highest BCUT2D eigenvalue weighted by Gasteiger charge is 2.04. The number of rotatable bonds is 4. The van der Waals surface area contributed by atoms with Crippen molar-refractivity contribution in [1.29, 1.82) is 0 Å².